The number of rotatable bonds is 11. The number of aliphatic carboxylic acids is 1. The van der Waals surface area contributed by atoms with Gasteiger partial charge in [-0.1, -0.05) is 91.0 Å². The van der Waals surface area contributed by atoms with Crippen molar-refractivity contribution in [3.63, 3.8) is 0 Å². The van der Waals surface area contributed by atoms with Gasteiger partial charge in [0, 0.05) is 18.8 Å². The van der Waals surface area contributed by atoms with E-state index in [2.05, 4.69) is 22.8 Å². The van der Waals surface area contributed by atoms with Crippen LogP contribution < -0.4 is 15.4 Å². The van der Waals surface area contributed by atoms with Crippen molar-refractivity contribution in [1.29, 1.82) is 0 Å². The van der Waals surface area contributed by atoms with E-state index in [1.54, 1.807) is 24.3 Å². The van der Waals surface area contributed by atoms with Gasteiger partial charge in [0.2, 0.25) is 5.91 Å². The first-order valence-electron chi connectivity index (χ1n) is 15.0. The highest BCUT2D eigenvalue weighted by molar-refractivity contribution is 5.89. The summed E-state index contributed by atoms with van der Waals surface area (Å²) in [5.41, 5.74) is 5.51. The zero-order valence-electron chi connectivity index (χ0n) is 25.7. The van der Waals surface area contributed by atoms with Crippen LogP contribution in [0.1, 0.15) is 48.9 Å². The molecule has 2 amide bonds. The topological polar surface area (TPSA) is 114 Å². The van der Waals surface area contributed by atoms with E-state index in [-0.39, 0.29) is 31.0 Å². The Bertz CT molecular complexity index is 1600. The molecule has 45 heavy (non-hydrogen) atoms. The fourth-order valence-electron chi connectivity index (χ4n) is 5.60. The molecule has 5 rings (SSSR count). The first-order valence-corrected chi connectivity index (χ1v) is 15.0. The summed E-state index contributed by atoms with van der Waals surface area (Å²) in [5, 5.41) is 15.2. The summed E-state index contributed by atoms with van der Waals surface area (Å²) in [6.07, 6.45) is -0.554. The average Bonchev–Trinajstić information content (AvgIpc) is 3.33. The van der Waals surface area contributed by atoms with Crippen molar-refractivity contribution in [2.45, 2.75) is 57.2 Å². The molecule has 0 radical (unpaired) electrons. The first kappa shape index (κ1) is 31.3. The van der Waals surface area contributed by atoms with Crippen LogP contribution in [0.15, 0.2) is 103 Å². The third-order valence-corrected chi connectivity index (χ3v) is 7.64. The molecule has 0 heterocycles. The second kappa shape index (κ2) is 13.7. The summed E-state index contributed by atoms with van der Waals surface area (Å²) in [5.74, 6) is -1.27. The molecular weight excluding hydrogens is 568 g/mol. The summed E-state index contributed by atoms with van der Waals surface area (Å²) in [4.78, 5) is 38.9. The van der Waals surface area contributed by atoms with Crippen LogP contribution in [0.2, 0.25) is 0 Å². The van der Waals surface area contributed by atoms with E-state index in [4.69, 9.17) is 9.47 Å². The maximum atomic E-state index is 13.6. The van der Waals surface area contributed by atoms with E-state index < -0.39 is 30.1 Å². The van der Waals surface area contributed by atoms with Gasteiger partial charge in [0.25, 0.3) is 0 Å². The van der Waals surface area contributed by atoms with Gasteiger partial charge >= 0.3 is 12.1 Å². The summed E-state index contributed by atoms with van der Waals surface area (Å²) in [6, 6.07) is 30.1. The molecule has 0 aromatic heterocycles. The zero-order chi connectivity index (χ0) is 32.0. The van der Waals surface area contributed by atoms with Crippen LogP contribution in [-0.2, 0) is 27.2 Å². The minimum absolute atomic E-state index is 0.0821. The van der Waals surface area contributed by atoms with Crippen molar-refractivity contribution in [2.75, 3.05) is 6.61 Å². The lowest BCUT2D eigenvalue weighted by Crippen LogP contribution is -2.53. The van der Waals surface area contributed by atoms with Gasteiger partial charge in [0.05, 0.1) is 0 Å². The van der Waals surface area contributed by atoms with Crippen molar-refractivity contribution in [3.05, 3.63) is 125 Å². The monoisotopic (exact) mass is 606 g/mol. The molecule has 0 saturated carbocycles. The maximum Gasteiger partial charge on any atom is 0.407 e. The molecule has 8 heteroatoms. The van der Waals surface area contributed by atoms with E-state index in [0.717, 1.165) is 33.4 Å². The lowest BCUT2D eigenvalue weighted by molar-refractivity contribution is -0.142. The van der Waals surface area contributed by atoms with Gasteiger partial charge in [-0.3, -0.25) is 4.79 Å². The SMILES string of the molecule is CC(C)(C)Oc1ccc(C[C@@H](NC(=O)OCC2c3ccccc3-c3ccccc32)C(=O)N[C@@H](Cc2ccccc2)C(=O)O)cc1. The number of hydrogen-bond acceptors (Lipinski definition) is 5. The molecule has 0 bridgehead atoms. The summed E-state index contributed by atoms with van der Waals surface area (Å²) < 4.78 is 11.6. The zero-order valence-corrected chi connectivity index (χ0v) is 25.7. The Hall–Kier alpha value is -5.11. The lowest BCUT2D eigenvalue weighted by atomic mass is 9.98. The van der Waals surface area contributed by atoms with E-state index in [9.17, 15) is 19.5 Å². The molecule has 0 spiro atoms. The summed E-state index contributed by atoms with van der Waals surface area (Å²) >= 11 is 0. The van der Waals surface area contributed by atoms with Gasteiger partial charge in [-0.05, 0) is 66.3 Å². The first-order chi connectivity index (χ1) is 21.6. The Kier molecular flexibility index (Phi) is 9.52. The minimum atomic E-state index is -1.19. The number of amides is 2. The number of nitrogens with one attached hydrogen (secondary N) is 2. The average molecular weight is 607 g/mol. The van der Waals surface area contributed by atoms with Gasteiger partial charge in [0.1, 0.15) is 30.0 Å². The molecule has 232 valence electrons. The molecule has 1 aliphatic rings. The van der Waals surface area contributed by atoms with Gasteiger partial charge in [-0.25, -0.2) is 9.59 Å². The largest absolute Gasteiger partial charge is 0.488 e. The van der Waals surface area contributed by atoms with E-state index >= 15 is 0 Å². The number of hydrogen-bond donors (Lipinski definition) is 3. The Morgan fingerprint density at radius 2 is 1.24 bits per heavy atom. The number of carbonyl (C=O) groups is 3. The predicted molar refractivity (Wildman–Crippen MR) is 172 cm³/mol. The molecule has 8 nitrogen and oxygen atoms in total. The number of carbonyl (C=O) groups excluding carboxylic acids is 2. The molecule has 4 aromatic carbocycles. The van der Waals surface area contributed by atoms with Crippen LogP contribution in [0.5, 0.6) is 5.75 Å². The van der Waals surface area contributed by atoms with Crippen LogP contribution in [0.4, 0.5) is 4.79 Å². The van der Waals surface area contributed by atoms with Gasteiger partial charge in [-0.2, -0.15) is 0 Å². The number of ether oxygens (including phenoxy) is 2. The molecule has 0 unspecified atom stereocenters. The number of carboxylic acids is 1. The third-order valence-electron chi connectivity index (χ3n) is 7.64. The van der Waals surface area contributed by atoms with Gasteiger partial charge in [-0.15, -0.1) is 0 Å². The Labute approximate surface area is 263 Å². The van der Waals surface area contributed by atoms with Crippen LogP contribution in [0.25, 0.3) is 11.1 Å². The van der Waals surface area contributed by atoms with E-state index in [1.165, 1.54) is 0 Å². The van der Waals surface area contributed by atoms with E-state index in [0.29, 0.717) is 5.75 Å². The standard InChI is InChI=1S/C37H38N2O6/c1-37(2,3)45-26-19-17-25(18-20-26)21-32(34(40)38-33(35(41)42)22-24-11-5-4-6-12-24)39-36(43)44-23-31-29-15-9-7-13-27(29)28-14-8-10-16-30(28)31/h4-20,31-33H,21-23H2,1-3H3,(H,38,40)(H,39,43)(H,41,42)/t32-,33+/m1/s1. The Balaban J connectivity index is 1.31. The number of fused-ring (bicyclic) bond motifs is 3. The second-order valence-electron chi connectivity index (χ2n) is 12.2. The van der Waals surface area contributed by atoms with Gasteiger partial charge in [0.15, 0.2) is 0 Å². The highest BCUT2D eigenvalue weighted by Crippen LogP contribution is 2.44. The van der Waals surface area contributed by atoms with Crippen molar-refractivity contribution in [3.8, 4) is 16.9 Å². The predicted octanol–water partition coefficient (Wildman–Crippen LogP) is 6.13. The summed E-state index contributed by atoms with van der Waals surface area (Å²) in [6.45, 7) is 5.94. The fraction of sp³-hybridized carbons (Fsp3) is 0.270. The number of benzene rings is 4. The number of carboxylic acid groups (broad SMARTS) is 1. The maximum absolute atomic E-state index is 13.6. The van der Waals surface area contributed by atoms with Crippen molar-refractivity contribution < 1.29 is 29.0 Å². The minimum Gasteiger partial charge on any atom is -0.488 e. The molecule has 4 aromatic rings. The molecule has 3 N–H and O–H groups in total. The highest BCUT2D eigenvalue weighted by Gasteiger charge is 2.31. The molecule has 1 aliphatic carbocycles. The fourth-order valence-corrected chi connectivity index (χ4v) is 5.60. The van der Waals surface area contributed by atoms with Crippen LogP contribution in [0, 0.1) is 0 Å². The highest BCUT2D eigenvalue weighted by atomic mass is 16.5. The van der Waals surface area contributed by atoms with Crippen molar-refractivity contribution >= 4 is 18.0 Å². The van der Waals surface area contributed by atoms with Gasteiger partial charge < -0.3 is 25.2 Å². The molecule has 0 saturated heterocycles. The van der Waals surface area contributed by atoms with Crippen molar-refractivity contribution in [2.24, 2.45) is 0 Å². The third kappa shape index (κ3) is 8.09. The quantitative estimate of drug-likeness (QED) is 0.189. The number of alkyl carbamates (subject to hydrolysis) is 1. The Morgan fingerprint density at radius 1 is 0.711 bits per heavy atom. The van der Waals surface area contributed by atoms with Crippen LogP contribution >= 0.6 is 0 Å². The molecule has 0 fully saturated rings. The second-order valence-corrected chi connectivity index (χ2v) is 12.2. The molecular formula is C37H38N2O6. The van der Waals surface area contributed by atoms with Crippen molar-refractivity contribution in [1.82, 2.24) is 10.6 Å². The van der Waals surface area contributed by atoms with Crippen LogP contribution in [-0.4, -0.2) is 47.4 Å². The van der Waals surface area contributed by atoms with E-state index in [1.807, 2.05) is 87.5 Å². The Morgan fingerprint density at radius 3 is 1.82 bits per heavy atom. The smallest absolute Gasteiger partial charge is 0.407 e. The van der Waals surface area contributed by atoms with Crippen LogP contribution in [0.3, 0.4) is 0 Å². The lowest BCUT2D eigenvalue weighted by Gasteiger charge is -2.23. The molecule has 0 aliphatic heterocycles. The normalized spacial score (nSPS) is 13.6. The molecule has 2 atom stereocenters. The summed E-state index contributed by atoms with van der Waals surface area (Å²) in [7, 11) is 0.